The maximum atomic E-state index is 12.6. The summed E-state index contributed by atoms with van der Waals surface area (Å²) in [5, 5.41) is 41.6. The van der Waals surface area contributed by atoms with Crippen LogP contribution >= 0.6 is 11.6 Å². The van der Waals surface area contributed by atoms with Gasteiger partial charge < -0.3 is 30.4 Å². The van der Waals surface area contributed by atoms with Crippen LogP contribution in [0.4, 0.5) is 5.69 Å². The van der Waals surface area contributed by atoms with Crippen LogP contribution in [-0.4, -0.2) is 73.1 Å². The summed E-state index contributed by atoms with van der Waals surface area (Å²) in [6.45, 7) is 2.73. The van der Waals surface area contributed by atoms with E-state index in [9.17, 15) is 9.59 Å². The van der Waals surface area contributed by atoms with E-state index in [0.717, 1.165) is 17.4 Å². The van der Waals surface area contributed by atoms with Gasteiger partial charge in [-0.2, -0.15) is 0 Å². The van der Waals surface area contributed by atoms with Crippen LogP contribution in [0.15, 0.2) is 65.7 Å². The van der Waals surface area contributed by atoms with Gasteiger partial charge in [0.2, 0.25) is 5.91 Å². The van der Waals surface area contributed by atoms with E-state index in [-0.39, 0.29) is 35.5 Å². The summed E-state index contributed by atoms with van der Waals surface area (Å²) in [5.74, 6) is 0.373. The molecule has 0 saturated heterocycles. The highest BCUT2D eigenvalue weighted by Gasteiger charge is 2.32. The second-order valence-electron chi connectivity index (χ2n) is 9.88. The molecule has 4 rings (SSSR count). The zero-order valence-corrected chi connectivity index (χ0v) is 25.6. The number of benzodiazepines with no additional fused rings is 1. The van der Waals surface area contributed by atoms with Crippen LogP contribution in [0.5, 0.6) is 17.2 Å². The summed E-state index contributed by atoms with van der Waals surface area (Å²) in [6, 6.07) is 16.5. The Morgan fingerprint density at radius 3 is 2.43 bits per heavy atom. The maximum Gasteiger partial charge on any atom is 0.222 e. The number of nitrogens with one attached hydrogen (secondary N) is 4. The Labute approximate surface area is 261 Å². The molecule has 1 heterocycles. The number of aliphatic imine (C=N–C) groups is 1. The van der Waals surface area contributed by atoms with Gasteiger partial charge in [0, 0.05) is 35.7 Å². The number of anilines is 1. The molecule has 12 heteroatoms. The predicted molar refractivity (Wildman–Crippen MR) is 173 cm³/mol. The number of aldehydes is 1. The summed E-state index contributed by atoms with van der Waals surface area (Å²) >= 11 is 6.09. The number of aryl methyl sites for hydroxylation is 1. The SMILES string of the molecule is CNCCNC(=O)C[C@@H]1N=C(c2ccc(Cl)cc2)c2cc(OC)ccc2N(C(C)=N)C1=N.O=CCCc1ccc(O)c(O)c1. The zero-order valence-electron chi connectivity index (χ0n) is 24.9. The molecule has 0 radical (unpaired) electrons. The topological polar surface area (TPSA) is 171 Å². The number of ether oxygens (including phenoxy) is 1. The lowest BCUT2D eigenvalue weighted by Gasteiger charge is -2.26. The highest BCUT2D eigenvalue weighted by atomic mass is 35.5. The Morgan fingerprint density at radius 1 is 1.09 bits per heavy atom. The van der Waals surface area contributed by atoms with E-state index in [2.05, 4.69) is 10.6 Å². The highest BCUT2D eigenvalue weighted by molar-refractivity contribution is 6.31. The molecule has 1 atom stereocenters. The number of likely N-dealkylation sites (N-methyl/N-ethyl adjacent to an activating group) is 1. The number of halogens is 1. The van der Waals surface area contributed by atoms with Gasteiger partial charge in [-0.1, -0.05) is 29.8 Å². The molecular weight excluding hydrogens is 584 g/mol. The molecule has 0 aliphatic carbocycles. The molecule has 0 spiro atoms. The maximum absolute atomic E-state index is 12.6. The van der Waals surface area contributed by atoms with Gasteiger partial charge in [0.15, 0.2) is 11.5 Å². The second-order valence-corrected chi connectivity index (χ2v) is 10.3. The van der Waals surface area contributed by atoms with Gasteiger partial charge in [-0.15, -0.1) is 0 Å². The standard InChI is InChI=1S/C23H27ClN6O2.C9H10O3/c1-14(25)30-20-9-8-17(32-3)12-18(20)22(15-4-6-16(24)7-5-15)29-19(23(30)26)13-21(31)28-11-10-27-2;10-5-1-2-7-3-4-8(11)9(12)6-7/h4-9,12,19,25-27H,10-11,13H2,1-3H3,(H,28,31);3-6,11-12H,1-2H2/t19-;/m0./s1. The summed E-state index contributed by atoms with van der Waals surface area (Å²) < 4.78 is 5.42. The van der Waals surface area contributed by atoms with E-state index in [0.29, 0.717) is 53.7 Å². The molecule has 0 fully saturated rings. The number of phenols is 2. The van der Waals surface area contributed by atoms with E-state index in [1.54, 1.807) is 38.3 Å². The zero-order chi connectivity index (χ0) is 32.2. The number of hydrogen-bond donors (Lipinski definition) is 6. The predicted octanol–water partition coefficient (Wildman–Crippen LogP) is 4.30. The number of carbonyl (C=O) groups excluding carboxylic acids is 2. The molecular formula is C32H37ClN6O5. The summed E-state index contributed by atoms with van der Waals surface area (Å²) in [5.41, 5.74) is 3.59. The van der Waals surface area contributed by atoms with Gasteiger partial charge >= 0.3 is 0 Å². The third-order valence-electron chi connectivity index (χ3n) is 6.66. The van der Waals surface area contributed by atoms with Gasteiger partial charge in [0.05, 0.1) is 24.9 Å². The molecule has 6 N–H and O–H groups in total. The first-order chi connectivity index (χ1) is 21.1. The molecule has 1 aliphatic heterocycles. The molecule has 232 valence electrons. The molecule has 11 nitrogen and oxygen atoms in total. The minimum Gasteiger partial charge on any atom is -0.504 e. The van der Waals surface area contributed by atoms with Crippen LogP contribution in [0.2, 0.25) is 5.02 Å². The van der Waals surface area contributed by atoms with Crippen molar-refractivity contribution in [2.24, 2.45) is 4.99 Å². The number of rotatable bonds is 10. The number of hydrogen-bond acceptors (Lipinski definition) is 9. The molecule has 0 saturated carbocycles. The fourth-order valence-corrected chi connectivity index (χ4v) is 4.58. The van der Waals surface area contributed by atoms with Crippen LogP contribution in [-0.2, 0) is 16.0 Å². The van der Waals surface area contributed by atoms with Crippen molar-refractivity contribution in [2.45, 2.75) is 32.2 Å². The van der Waals surface area contributed by atoms with Crippen molar-refractivity contribution < 1.29 is 24.5 Å². The van der Waals surface area contributed by atoms with E-state index in [1.165, 1.54) is 17.0 Å². The summed E-state index contributed by atoms with van der Waals surface area (Å²) in [4.78, 5) is 29.0. The van der Waals surface area contributed by atoms with Crippen LogP contribution in [0.25, 0.3) is 0 Å². The number of nitrogens with zero attached hydrogens (tertiary/aromatic N) is 2. The number of carbonyl (C=O) groups is 2. The van der Waals surface area contributed by atoms with Crippen molar-refractivity contribution >= 4 is 46.9 Å². The Morgan fingerprint density at radius 2 is 1.82 bits per heavy atom. The lowest BCUT2D eigenvalue weighted by Crippen LogP contribution is -2.42. The number of fused-ring (bicyclic) bond motifs is 1. The second kappa shape index (κ2) is 16.2. The van der Waals surface area contributed by atoms with Gasteiger partial charge in [0.1, 0.15) is 29.7 Å². The Balaban J connectivity index is 0.000000369. The number of aromatic hydroxyl groups is 2. The molecule has 3 aromatic rings. The lowest BCUT2D eigenvalue weighted by molar-refractivity contribution is -0.121. The van der Waals surface area contributed by atoms with Crippen molar-refractivity contribution in [1.82, 2.24) is 10.6 Å². The number of methoxy groups -OCH3 is 1. The molecule has 1 amide bonds. The highest BCUT2D eigenvalue weighted by Crippen LogP contribution is 2.33. The quantitative estimate of drug-likeness (QED) is 0.0644. The van der Waals surface area contributed by atoms with Crippen molar-refractivity contribution in [2.75, 3.05) is 32.1 Å². The molecule has 0 bridgehead atoms. The summed E-state index contributed by atoms with van der Waals surface area (Å²) in [6.07, 6.45) is 1.85. The van der Waals surface area contributed by atoms with Crippen LogP contribution in [0, 0.1) is 10.8 Å². The third kappa shape index (κ3) is 8.88. The van der Waals surface area contributed by atoms with E-state index in [1.807, 2.05) is 31.3 Å². The van der Waals surface area contributed by atoms with Crippen molar-refractivity contribution in [3.8, 4) is 17.2 Å². The minimum absolute atomic E-state index is 0.00542. The molecule has 3 aromatic carbocycles. The monoisotopic (exact) mass is 620 g/mol. The third-order valence-corrected chi connectivity index (χ3v) is 6.91. The Bertz CT molecular complexity index is 1530. The fraction of sp³-hybridized carbons (Fsp3) is 0.281. The van der Waals surface area contributed by atoms with Crippen molar-refractivity contribution in [3.05, 3.63) is 82.4 Å². The van der Waals surface area contributed by atoms with Gasteiger partial charge in [-0.05, 0) is 68.4 Å². The van der Waals surface area contributed by atoms with Gasteiger partial charge in [-0.3, -0.25) is 25.5 Å². The lowest BCUT2D eigenvalue weighted by atomic mass is 9.99. The first-order valence-corrected chi connectivity index (χ1v) is 14.3. The molecule has 0 unspecified atom stereocenters. The molecule has 0 aromatic heterocycles. The number of benzene rings is 3. The first kappa shape index (κ1) is 33.8. The molecule has 1 aliphatic rings. The van der Waals surface area contributed by atoms with E-state index < -0.39 is 6.04 Å². The smallest absolute Gasteiger partial charge is 0.222 e. The largest absolute Gasteiger partial charge is 0.504 e. The van der Waals surface area contributed by atoms with Crippen molar-refractivity contribution in [1.29, 1.82) is 10.8 Å². The van der Waals surface area contributed by atoms with Crippen molar-refractivity contribution in [3.63, 3.8) is 0 Å². The van der Waals surface area contributed by atoms with Crippen LogP contribution < -0.4 is 20.3 Å². The van der Waals surface area contributed by atoms with E-state index >= 15 is 0 Å². The van der Waals surface area contributed by atoms with Gasteiger partial charge in [-0.25, -0.2) is 0 Å². The normalized spacial score (nSPS) is 13.9. The van der Waals surface area contributed by atoms with Crippen LogP contribution in [0.3, 0.4) is 0 Å². The first-order valence-electron chi connectivity index (χ1n) is 13.9. The van der Waals surface area contributed by atoms with Gasteiger partial charge in [0.25, 0.3) is 0 Å². The fourth-order valence-electron chi connectivity index (χ4n) is 4.46. The number of phenolic OH excluding ortho intramolecular Hbond substituents is 2. The Hall–Kier alpha value is -4.74. The minimum atomic E-state index is -0.769. The van der Waals surface area contributed by atoms with Crippen LogP contribution in [0.1, 0.15) is 36.5 Å². The Kier molecular flexibility index (Phi) is 12.4. The number of amidine groups is 2. The summed E-state index contributed by atoms with van der Waals surface area (Å²) in [7, 11) is 3.39. The van der Waals surface area contributed by atoms with E-state index in [4.69, 9.17) is 42.4 Å². The number of amides is 1. The molecule has 44 heavy (non-hydrogen) atoms. The average Bonchev–Trinajstić information content (AvgIpc) is 3.12. The average molecular weight is 621 g/mol.